The van der Waals surface area contributed by atoms with Crippen LogP contribution in [0.2, 0.25) is 0 Å². The normalized spacial score (nSPS) is 11.8. The molecule has 0 saturated carbocycles. The van der Waals surface area contributed by atoms with Gasteiger partial charge in [0.05, 0.1) is 6.61 Å². The van der Waals surface area contributed by atoms with Gasteiger partial charge >= 0.3 is 0 Å². The molecule has 3 nitrogen and oxygen atoms in total. The van der Waals surface area contributed by atoms with Crippen molar-refractivity contribution >= 4 is 6.08 Å². The summed E-state index contributed by atoms with van der Waals surface area (Å²) >= 11 is 0. The molecule has 0 aliphatic heterocycles. The molecule has 0 saturated heterocycles. The molecule has 1 atom stereocenters. The highest BCUT2D eigenvalue weighted by molar-refractivity contribution is 5.33. The van der Waals surface area contributed by atoms with E-state index in [0.717, 1.165) is 5.57 Å². The summed E-state index contributed by atoms with van der Waals surface area (Å²) < 4.78 is 5.02. The highest BCUT2D eigenvalue weighted by Gasteiger charge is 1.95. The van der Waals surface area contributed by atoms with Crippen LogP contribution in [-0.4, -0.2) is 18.9 Å². The first kappa shape index (κ1) is 9.08. The minimum Gasteiger partial charge on any atom is -0.352 e. The third kappa shape index (κ3) is 5.22. The summed E-state index contributed by atoms with van der Waals surface area (Å²) in [4.78, 5) is 13.0. The highest BCUT2D eigenvalue weighted by Crippen LogP contribution is 1.94. The van der Waals surface area contributed by atoms with Gasteiger partial charge in [-0.25, -0.2) is 4.79 Å². The number of isocyanates is 1. The van der Waals surface area contributed by atoms with Crippen LogP contribution in [-0.2, 0) is 9.53 Å². The van der Waals surface area contributed by atoms with Gasteiger partial charge in [0.15, 0.2) is 6.23 Å². The lowest BCUT2D eigenvalue weighted by atomic mass is 10.4. The van der Waals surface area contributed by atoms with Crippen LogP contribution in [0.15, 0.2) is 17.1 Å². The van der Waals surface area contributed by atoms with Gasteiger partial charge in [0.1, 0.15) is 0 Å². The van der Waals surface area contributed by atoms with E-state index in [1.165, 1.54) is 6.08 Å². The van der Waals surface area contributed by atoms with Gasteiger partial charge in [-0.05, 0) is 13.8 Å². The van der Waals surface area contributed by atoms with Crippen molar-refractivity contribution in [1.29, 1.82) is 0 Å². The van der Waals surface area contributed by atoms with Crippen LogP contribution in [0.4, 0.5) is 0 Å². The first-order valence-electron chi connectivity index (χ1n) is 2.99. The Balaban J connectivity index is 3.48. The van der Waals surface area contributed by atoms with E-state index in [1.807, 2.05) is 6.92 Å². The van der Waals surface area contributed by atoms with Gasteiger partial charge in [0, 0.05) is 0 Å². The minimum absolute atomic E-state index is 0.408. The summed E-state index contributed by atoms with van der Waals surface area (Å²) in [6, 6.07) is 0. The van der Waals surface area contributed by atoms with Gasteiger partial charge in [-0.1, -0.05) is 12.2 Å². The van der Waals surface area contributed by atoms with Crippen LogP contribution in [0.5, 0.6) is 0 Å². The average Bonchev–Trinajstić information content (AvgIpc) is 1.85. The van der Waals surface area contributed by atoms with Gasteiger partial charge in [-0.3, -0.25) is 0 Å². The second-order valence-corrected chi connectivity index (χ2v) is 2.09. The summed E-state index contributed by atoms with van der Waals surface area (Å²) in [6.45, 7) is 7.58. The fourth-order valence-electron chi connectivity index (χ4n) is 0.374. The minimum atomic E-state index is -0.408. The first-order valence-corrected chi connectivity index (χ1v) is 2.99. The van der Waals surface area contributed by atoms with Crippen molar-refractivity contribution < 1.29 is 9.53 Å². The number of hydrogen-bond donors (Lipinski definition) is 0. The molecule has 1 unspecified atom stereocenters. The lowest BCUT2D eigenvalue weighted by molar-refractivity contribution is 0.0905. The maximum Gasteiger partial charge on any atom is 0.237 e. The zero-order valence-corrected chi connectivity index (χ0v) is 6.26. The third-order valence-corrected chi connectivity index (χ3v) is 0.805. The molecule has 56 valence electrons. The van der Waals surface area contributed by atoms with Crippen LogP contribution >= 0.6 is 0 Å². The summed E-state index contributed by atoms with van der Waals surface area (Å²) in [5.74, 6) is 0. The largest absolute Gasteiger partial charge is 0.352 e. The Morgan fingerprint density at radius 2 is 2.50 bits per heavy atom. The lowest BCUT2D eigenvalue weighted by Crippen LogP contribution is -2.05. The van der Waals surface area contributed by atoms with Gasteiger partial charge in [-0.2, -0.15) is 4.99 Å². The second-order valence-electron chi connectivity index (χ2n) is 2.09. The molecule has 0 spiro atoms. The van der Waals surface area contributed by atoms with E-state index in [-0.39, 0.29) is 0 Å². The number of carbonyl (C=O) groups excluding carboxylic acids is 1. The van der Waals surface area contributed by atoms with Crippen LogP contribution in [0.1, 0.15) is 13.8 Å². The Labute approximate surface area is 60.4 Å². The maximum atomic E-state index is 9.67. The Morgan fingerprint density at radius 3 is 2.90 bits per heavy atom. The van der Waals surface area contributed by atoms with Crippen LogP contribution in [0.25, 0.3) is 0 Å². The molecule has 0 fully saturated rings. The number of aliphatic imine (C=N–C) groups is 1. The average molecular weight is 141 g/mol. The predicted octanol–water partition coefficient (Wildman–Crippen LogP) is 1.26. The van der Waals surface area contributed by atoms with Gasteiger partial charge in [-0.15, -0.1) is 0 Å². The van der Waals surface area contributed by atoms with Gasteiger partial charge in [0.2, 0.25) is 6.08 Å². The van der Waals surface area contributed by atoms with Crippen molar-refractivity contribution in [2.24, 2.45) is 4.99 Å². The van der Waals surface area contributed by atoms with E-state index >= 15 is 0 Å². The van der Waals surface area contributed by atoms with E-state index in [1.54, 1.807) is 6.92 Å². The molecule has 0 aromatic rings. The Hall–Kier alpha value is -0.920. The number of rotatable bonds is 4. The summed E-state index contributed by atoms with van der Waals surface area (Å²) in [7, 11) is 0. The van der Waals surface area contributed by atoms with Gasteiger partial charge in [0.25, 0.3) is 0 Å². The molecule has 0 aliphatic rings. The topological polar surface area (TPSA) is 38.7 Å². The summed E-state index contributed by atoms with van der Waals surface area (Å²) in [5, 5.41) is 0. The van der Waals surface area contributed by atoms with Crippen LogP contribution in [0, 0.1) is 0 Å². The van der Waals surface area contributed by atoms with E-state index in [9.17, 15) is 4.79 Å². The molecule has 0 aromatic carbocycles. The van der Waals surface area contributed by atoms with Crippen molar-refractivity contribution in [1.82, 2.24) is 0 Å². The van der Waals surface area contributed by atoms with Gasteiger partial charge < -0.3 is 4.74 Å². The quantitative estimate of drug-likeness (QED) is 0.336. The number of nitrogens with zero attached hydrogens (tertiary/aromatic N) is 1. The van der Waals surface area contributed by atoms with Crippen molar-refractivity contribution in [2.75, 3.05) is 6.61 Å². The summed E-state index contributed by atoms with van der Waals surface area (Å²) in [5.41, 5.74) is 0.910. The molecule has 0 radical (unpaired) electrons. The molecule has 0 aliphatic carbocycles. The fraction of sp³-hybridized carbons (Fsp3) is 0.571. The van der Waals surface area contributed by atoms with Crippen LogP contribution < -0.4 is 0 Å². The molecule has 0 heterocycles. The molecule has 3 heteroatoms. The van der Waals surface area contributed by atoms with Crippen LogP contribution in [0.3, 0.4) is 0 Å². The molecule has 0 N–H and O–H groups in total. The third-order valence-electron chi connectivity index (χ3n) is 0.805. The summed E-state index contributed by atoms with van der Waals surface area (Å²) in [6.07, 6.45) is 1.00. The van der Waals surface area contributed by atoms with E-state index in [4.69, 9.17) is 4.74 Å². The maximum absolute atomic E-state index is 9.67. The van der Waals surface area contributed by atoms with Crippen molar-refractivity contribution in [3.63, 3.8) is 0 Å². The Kier molecular flexibility index (Phi) is 4.46. The fourth-order valence-corrected chi connectivity index (χ4v) is 0.374. The monoisotopic (exact) mass is 141 g/mol. The smallest absolute Gasteiger partial charge is 0.237 e. The van der Waals surface area contributed by atoms with Crippen molar-refractivity contribution in [3.8, 4) is 0 Å². The molecule has 0 rings (SSSR count). The molecule has 0 amide bonds. The van der Waals surface area contributed by atoms with E-state index in [2.05, 4.69) is 11.6 Å². The van der Waals surface area contributed by atoms with E-state index < -0.39 is 6.23 Å². The van der Waals surface area contributed by atoms with Crippen molar-refractivity contribution in [3.05, 3.63) is 12.2 Å². The molecular weight excluding hydrogens is 130 g/mol. The zero-order chi connectivity index (χ0) is 7.98. The molecular formula is C7H11NO2. The number of hydrogen-bond acceptors (Lipinski definition) is 3. The molecule has 0 bridgehead atoms. The molecule has 10 heavy (non-hydrogen) atoms. The lowest BCUT2D eigenvalue weighted by Gasteiger charge is -2.04. The highest BCUT2D eigenvalue weighted by atomic mass is 16.5. The first-order chi connectivity index (χ1) is 4.66. The standard InChI is InChI=1S/C7H11NO2/c1-6(2)4-10-7(3)8-5-9/h7H,1,4H2,2-3H3. The number of ether oxygens (including phenoxy) is 1. The zero-order valence-electron chi connectivity index (χ0n) is 6.26. The Morgan fingerprint density at radius 1 is 1.90 bits per heavy atom. The second kappa shape index (κ2) is 4.91. The Bertz CT molecular complexity index is 159. The molecule has 0 aromatic heterocycles. The SMILES string of the molecule is C=C(C)COC(C)N=C=O. The van der Waals surface area contributed by atoms with Crippen molar-refractivity contribution in [2.45, 2.75) is 20.1 Å². The predicted molar refractivity (Wildman–Crippen MR) is 38.3 cm³/mol. The van der Waals surface area contributed by atoms with E-state index in [0.29, 0.717) is 6.61 Å².